The smallest absolute Gasteiger partial charge is 0.251 e. The molecule has 2 amide bonds. The van der Waals surface area contributed by atoms with E-state index in [4.69, 9.17) is 5.10 Å². The van der Waals surface area contributed by atoms with Crippen LogP contribution in [0, 0.1) is 0 Å². The van der Waals surface area contributed by atoms with Crippen LogP contribution in [0.25, 0.3) is 11.1 Å². The van der Waals surface area contributed by atoms with Crippen LogP contribution < -0.4 is 5.32 Å². The maximum Gasteiger partial charge on any atom is 0.251 e. The highest BCUT2D eigenvalue weighted by molar-refractivity contribution is 5.94. The number of benzene rings is 2. The number of fused-ring (bicyclic) bond motifs is 1. The number of hydrogen-bond acceptors (Lipinski definition) is 3. The fraction of sp³-hybridized carbons (Fsp3) is 0.292. The van der Waals surface area contributed by atoms with Crippen molar-refractivity contribution in [2.45, 2.75) is 26.3 Å². The molecule has 0 aliphatic carbocycles. The minimum absolute atomic E-state index is 0.0843. The lowest BCUT2D eigenvalue weighted by Gasteiger charge is -2.26. The van der Waals surface area contributed by atoms with Gasteiger partial charge in [0.15, 0.2) is 0 Å². The predicted molar refractivity (Wildman–Crippen MR) is 116 cm³/mol. The summed E-state index contributed by atoms with van der Waals surface area (Å²) in [7, 11) is 3.61. The average molecular weight is 402 g/mol. The van der Waals surface area contributed by atoms with Gasteiger partial charge in [-0.15, -0.1) is 0 Å². The molecule has 0 saturated carbocycles. The molecule has 1 aliphatic rings. The molecule has 1 aliphatic heterocycles. The summed E-state index contributed by atoms with van der Waals surface area (Å²) >= 11 is 0. The Balaban J connectivity index is 1.52. The summed E-state index contributed by atoms with van der Waals surface area (Å²) in [6.45, 7) is 3.03. The minimum Gasteiger partial charge on any atom is -0.355 e. The van der Waals surface area contributed by atoms with Crippen LogP contribution in [0.5, 0.6) is 0 Å². The molecule has 4 rings (SSSR count). The van der Waals surface area contributed by atoms with Gasteiger partial charge < -0.3 is 10.2 Å². The molecule has 0 spiro atoms. The zero-order valence-electron chi connectivity index (χ0n) is 17.6. The molecular formula is C24H26N4O2. The van der Waals surface area contributed by atoms with E-state index in [0.717, 1.165) is 36.2 Å². The van der Waals surface area contributed by atoms with Crippen molar-refractivity contribution in [1.29, 1.82) is 0 Å². The average Bonchev–Trinajstić information content (AvgIpc) is 3.08. The summed E-state index contributed by atoms with van der Waals surface area (Å²) in [4.78, 5) is 25.4. The Morgan fingerprint density at radius 1 is 1.03 bits per heavy atom. The molecule has 2 heterocycles. The molecule has 0 atom stereocenters. The molecule has 0 unspecified atom stereocenters. The van der Waals surface area contributed by atoms with Gasteiger partial charge in [0, 0.05) is 63.8 Å². The maximum atomic E-state index is 11.8. The van der Waals surface area contributed by atoms with E-state index < -0.39 is 0 Å². The lowest BCUT2D eigenvalue weighted by molar-refractivity contribution is -0.129. The number of hydrogen-bond donors (Lipinski definition) is 1. The molecule has 154 valence electrons. The van der Waals surface area contributed by atoms with Crippen molar-refractivity contribution in [2.75, 3.05) is 13.6 Å². The third-order valence-corrected chi connectivity index (χ3v) is 5.80. The van der Waals surface area contributed by atoms with Crippen molar-refractivity contribution in [3.8, 4) is 11.1 Å². The van der Waals surface area contributed by atoms with Crippen molar-refractivity contribution >= 4 is 11.8 Å². The van der Waals surface area contributed by atoms with E-state index in [-0.39, 0.29) is 11.8 Å². The van der Waals surface area contributed by atoms with Crippen LogP contribution >= 0.6 is 0 Å². The quantitative estimate of drug-likeness (QED) is 0.730. The van der Waals surface area contributed by atoms with Gasteiger partial charge in [0.2, 0.25) is 5.91 Å². The van der Waals surface area contributed by atoms with Gasteiger partial charge in [-0.2, -0.15) is 5.10 Å². The molecule has 1 N–H and O–H groups in total. The lowest BCUT2D eigenvalue weighted by Crippen LogP contribution is -2.34. The van der Waals surface area contributed by atoms with Crippen molar-refractivity contribution in [1.82, 2.24) is 20.0 Å². The Morgan fingerprint density at radius 2 is 1.67 bits per heavy atom. The van der Waals surface area contributed by atoms with Gasteiger partial charge in [0.1, 0.15) is 0 Å². The van der Waals surface area contributed by atoms with Crippen LogP contribution in [0.15, 0.2) is 48.5 Å². The molecule has 30 heavy (non-hydrogen) atoms. The van der Waals surface area contributed by atoms with Crippen molar-refractivity contribution < 1.29 is 9.59 Å². The topological polar surface area (TPSA) is 67.2 Å². The van der Waals surface area contributed by atoms with Gasteiger partial charge in [-0.05, 0) is 28.8 Å². The standard InChI is InChI=1S/C24H26N4O2/c1-16(29)28-13-12-23-21(15-28)22(26-27(23)3)14-17-4-6-18(7-5-17)19-8-10-20(11-9-19)24(30)25-2/h4-11H,12-15H2,1-3H3,(H,25,30). The molecule has 1 aromatic heterocycles. The third-order valence-electron chi connectivity index (χ3n) is 5.80. The van der Waals surface area contributed by atoms with Gasteiger partial charge in [-0.3, -0.25) is 14.3 Å². The van der Waals surface area contributed by atoms with E-state index in [1.807, 2.05) is 40.9 Å². The third kappa shape index (κ3) is 3.85. The SMILES string of the molecule is CNC(=O)c1ccc(-c2ccc(Cc3nn(C)c4c3CN(C(C)=O)CC4)cc2)cc1. The normalized spacial score (nSPS) is 13.1. The van der Waals surface area contributed by atoms with E-state index >= 15 is 0 Å². The van der Waals surface area contributed by atoms with Crippen LogP contribution in [-0.4, -0.2) is 40.1 Å². The molecule has 6 nitrogen and oxygen atoms in total. The minimum atomic E-state index is -0.0843. The zero-order valence-corrected chi connectivity index (χ0v) is 17.6. The van der Waals surface area contributed by atoms with Crippen molar-refractivity contribution in [3.05, 3.63) is 76.6 Å². The predicted octanol–water partition coefficient (Wildman–Crippen LogP) is 2.94. The number of amides is 2. The first-order chi connectivity index (χ1) is 14.5. The largest absolute Gasteiger partial charge is 0.355 e. The number of aryl methyl sites for hydroxylation is 1. The van der Waals surface area contributed by atoms with Gasteiger partial charge in [0.05, 0.1) is 5.69 Å². The molecule has 0 saturated heterocycles. The fourth-order valence-corrected chi connectivity index (χ4v) is 4.05. The summed E-state index contributed by atoms with van der Waals surface area (Å²) < 4.78 is 1.96. The first-order valence-corrected chi connectivity index (χ1v) is 10.2. The second-order valence-corrected chi connectivity index (χ2v) is 7.72. The highest BCUT2D eigenvalue weighted by atomic mass is 16.2. The van der Waals surface area contributed by atoms with E-state index in [9.17, 15) is 9.59 Å². The van der Waals surface area contributed by atoms with Gasteiger partial charge in [0.25, 0.3) is 5.91 Å². The Morgan fingerprint density at radius 3 is 2.27 bits per heavy atom. The summed E-state index contributed by atoms with van der Waals surface area (Å²) in [5, 5.41) is 7.37. The van der Waals surface area contributed by atoms with Gasteiger partial charge in [-0.25, -0.2) is 0 Å². The highest BCUT2D eigenvalue weighted by Gasteiger charge is 2.25. The van der Waals surface area contributed by atoms with Crippen molar-refractivity contribution in [2.24, 2.45) is 7.05 Å². The Bertz CT molecular complexity index is 1080. The molecule has 6 heteroatoms. The number of nitrogens with one attached hydrogen (secondary N) is 1. The van der Waals surface area contributed by atoms with Crippen LogP contribution in [0.2, 0.25) is 0 Å². The molecule has 2 aromatic carbocycles. The van der Waals surface area contributed by atoms with E-state index in [0.29, 0.717) is 12.1 Å². The number of aromatic nitrogens is 2. The number of rotatable bonds is 4. The molecule has 3 aromatic rings. The van der Waals surface area contributed by atoms with Gasteiger partial charge in [-0.1, -0.05) is 36.4 Å². The van der Waals surface area contributed by atoms with Crippen LogP contribution in [0.3, 0.4) is 0 Å². The molecule has 0 radical (unpaired) electrons. The summed E-state index contributed by atoms with van der Waals surface area (Å²) in [6.07, 6.45) is 1.59. The molecule has 0 fully saturated rings. The monoisotopic (exact) mass is 402 g/mol. The number of carbonyl (C=O) groups is 2. The zero-order chi connectivity index (χ0) is 21.3. The lowest BCUT2D eigenvalue weighted by atomic mass is 9.98. The maximum absolute atomic E-state index is 11.8. The second kappa shape index (κ2) is 8.14. The summed E-state index contributed by atoms with van der Waals surface area (Å²) in [6, 6.07) is 16.0. The van der Waals surface area contributed by atoms with Crippen LogP contribution in [0.4, 0.5) is 0 Å². The van der Waals surface area contributed by atoms with E-state index in [2.05, 4.69) is 29.6 Å². The molecular weight excluding hydrogens is 376 g/mol. The number of carbonyl (C=O) groups excluding carboxylic acids is 2. The van der Waals surface area contributed by atoms with Gasteiger partial charge >= 0.3 is 0 Å². The Labute approximate surface area is 176 Å². The first kappa shape index (κ1) is 19.9. The first-order valence-electron chi connectivity index (χ1n) is 10.2. The van der Waals surface area contributed by atoms with Crippen LogP contribution in [-0.2, 0) is 31.2 Å². The number of nitrogens with zero attached hydrogens (tertiary/aromatic N) is 3. The Kier molecular flexibility index (Phi) is 5.40. The van der Waals surface area contributed by atoms with E-state index in [1.165, 1.54) is 16.8 Å². The summed E-state index contributed by atoms with van der Waals surface area (Å²) in [5.74, 6) is 0.0289. The summed E-state index contributed by atoms with van der Waals surface area (Å²) in [5.41, 5.74) is 7.47. The van der Waals surface area contributed by atoms with Crippen LogP contribution in [0.1, 0.15) is 39.8 Å². The molecule has 0 bridgehead atoms. The van der Waals surface area contributed by atoms with E-state index in [1.54, 1.807) is 14.0 Å². The van der Waals surface area contributed by atoms with Crippen molar-refractivity contribution in [3.63, 3.8) is 0 Å². The second-order valence-electron chi connectivity index (χ2n) is 7.72. The fourth-order valence-electron chi connectivity index (χ4n) is 4.05. The highest BCUT2D eigenvalue weighted by Crippen LogP contribution is 2.26. The Hall–Kier alpha value is -3.41.